The van der Waals surface area contributed by atoms with Gasteiger partial charge >= 0.3 is 0 Å². The molecular formula is C15H18N4O2S. The van der Waals surface area contributed by atoms with Crippen molar-refractivity contribution in [3.8, 4) is 0 Å². The summed E-state index contributed by atoms with van der Waals surface area (Å²) in [6.07, 6.45) is 1.53. The Hall–Kier alpha value is -2.15. The third kappa shape index (κ3) is 3.19. The zero-order chi connectivity index (χ0) is 15.5. The Labute approximate surface area is 132 Å². The van der Waals surface area contributed by atoms with Crippen LogP contribution in [0.3, 0.4) is 0 Å². The van der Waals surface area contributed by atoms with E-state index < -0.39 is 5.91 Å². The number of aromatic nitrogens is 1. The second kappa shape index (κ2) is 6.31. The van der Waals surface area contributed by atoms with Crippen LogP contribution in [-0.4, -0.2) is 36.4 Å². The van der Waals surface area contributed by atoms with Crippen LogP contribution in [0.5, 0.6) is 0 Å². The van der Waals surface area contributed by atoms with Gasteiger partial charge in [0.2, 0.25) is 11.8 Å². The van der Waals surface area contributed by atoms with Crippen LogP contribution in [-0.2, 0) is 9.59 Å². The van der Waals surface area contributed by atoms with Crippen LogP contribution in [0.2, 0.25) is 0 Å². The Balaban J connectivity index is 1.59. The molecule has 0 atom stereocenters. The molecule has 2 aromatic rings. The Morgan fingerprint density at radius 2 is 2.05 bits per heavy atom. The van der Waals surface area contributed by atoms with E-state index in [-0.39, 0.29) is 18.4 Å². The minimum Gasteiger partial charge on any atom is -0.368 e. The van der Waals surface area contributed by atoms with Gasteiger partial charge < -0.3 is 16.0 Å². The fourth-order valence-corrected chi connectivity index (χ4v) is 3.66. The Kier molecular flexibility index (Phi) is 4.24. The number of anilines is 1. The standard InChI is InChI=1S/C15H18N4O2S/c16-13(20)9-17-14(21)10-5-7-19(8-6-10)15-18-11-3-1-2-4-12(11)22-15/h1-4,10H,5-9H2,(H2,16,20)(H,17,21). The first-order valence-electron chi connectivity index (χ1n) is 7.30. The van der Waals surface area contributed by atoms with Crippen LogP contribution in [0.15, 0.2) is 24.3 Å². The normalized spacial score (nSPS) is 15.9. The summed E-state index contributed by atoms with van der Waals surface area (Å²) in [6, 6.07) is 8.08. The minimum absolute atomic E-state index is 0.0509. The Bertz CT molecular complexity index is 659. The van der Waals surface area contributed by atoms with E-state index in [9.17, 15) is 9.59 Å². The number of hydrogen-bond acceptors (Lipinski definition) is 5. The molecule has 1 aliphatic rings. The van der Waals surface area contributed by atoms with Gasteiger partial charge in [-0.1, -0.05) is 23.5 Å². The van der Waals surface area contributed by atoms with Crippen molar-refractivity contribution in [2.75, 3.05) is 24.5 Å². The summed E-state index contributed by atoms with van der Waals surface area (Å²) in [4.78, 5) is 29.5. The molecule has 0 radical (unpaired) electrons. The van der Waals surface area contributed by atoms with Crippen molar-refractivity contribution in [1.82, 2.24) is 10.3 Å². The first-order chi connectivity index (χ1) is 10.6. The van der Waals surface area contributed by atoms with Gasteiger partial charge in [-0.25, -0.2) is 4.98 Å². The molecule has 2 amide bonds. The molecule has 0 spiro atoms. The fraction of sp³-hybridized carbons (Fsp3) is 0.400. The van der Waals surface area contributed by atoms with Crippen molar-refractivity contribution in [2.45, 2.75) is 12.8 Å². The molecule has 116 valence electrons. The topological polar surface area (TPSA) is 88.3 Å². The van der Waals surface area contributed by atoms with Crippen LogP contribution in [0, 0.1) is 5.92 Å². The predicted octanol–water partition coefficient (Wildman–Crippen LogP) is 1.11. The summed E-state index contributed by atoms with van der Waals surface area (Å²) in [5.41, 5.74) is 6.05. The summed E-state index contributed by atoms with van der Waals surface area (Å²) in [6.45, 7) is 1.51. The smallest absolute Gasteiger partial charge is 0.236 e. The molecule has 0 saturated carbocycles. The quantitative estimate of drug-likeness (QED) is 0.884. The molecule has 1 saturated heterocycles. The number of benzene rings is 1. The van der Waals surface area contributed by atoms with E-state index in [0.717, 1.165) is 36.6 Å². The van der Waals surface area contributed by atoms with Gasteiger partial charge in [-0.3, -0.25) is 9.59 Å². The van der Waals surface area contributed by atoms with Crippen LogP contribution < -0.4 is 16.0 Å². The summed E-state index contributed by atoms with van der Waals surface area (Å²) in [7, 11) is 0. The van der Waals surface area contributed by atoms with Gasteiger partial charge in [0, 0.05) is 19.0 Å². The number of carbonyl (C=O) groups is 2. The minimum atomic E-state index is -0.514. The summed E-state index contributed by atoms with van der Waals surface area (Å²) in [5, 5.41) is 3.59. The van der Waals surface area contributed by atoms with E-state index in [2.05, 4.69) is 21.3 Å². The van der Waals surface area contributed by atoms with Gasteiger partial charge in [0.25, 0.3) is 0 Å². The highest BCUT2D eigenvalue weighted by Crippen LogP contribution is 2.31. The number of thiazole rings is 1. The summed E-state index contributed by atoms with van der Waals surface area (Å²) >= 11 is 1.68. The van der Waals surface area contributed by atoms with Crippen molar-refractivity contribution in [3.05, 3.63) is 24.3 Å². The molecule has 22 heavy (non-hydrogen) atoms. The number of rotatable bonds is 4. The van der Waals surface area contributed by atoms with E-state index >= 15 is 0 Å². The SMILES string of the molecule is NC(=O)CNC(=O)C1CCN(c2nc3ccccc3s2)CC1. The van der Waals surface area contributed by atoms with E-state index in [0.29, 0.717) is 0 Å². The highest BCUT2D eigenvalue weighted by Gasteiger charge is 2.26. The van der Waals surface area contributed by atoms with Gasteiger partial charge in [-0.2, -0.15) is 0 Å². The zero-order valence-corrected chi connectivity index (χ0v) is 12.9. The largest absolute Gasteiger partial charge is 0.368 e. The number of nitrogens with two attached hydrogens (primary N) is 1. The second-order valence-electron chi connectivity index (χ2n) is 5.41. The van der Waals surface area contributed by atoms with E-state index in [1.807, 2.05) is 18.2 Å². The number of carbonyl (C=O) groups excluding carboxylic acids is 2. The number of amides is 2. The summed E-state index contributed by atoms with van der Waals surface area (Å²) < 4.78 is 1.18. The van der Waals surface area contributed by atoms with Crippen LogP contribution in [0.1, 0.15) is 12.8 Å². The van der Waals surface area contributed by atoms with Crippen molar-refractivity contribution >= 4 is 38.5 Å². The Morgan fingerprint density at radius 1 is 1.32 bits per heavy atom. The fourth-order valence-electron chi connectivity index (χ4n) is 2.65. The molecule has 1 aliphatic heterocycles. The van der Waals surface area contributed by atoms with E-state index in [4.69, 9.17) is 5.73 Å². The lowest BCUT2D eigenvalue weighted by molar-refractivity contribution is -0.128. The molecule has 3 N–H and O–H groups in total. The van der Waals surface area contributed by atoms with Crippen molar-refractivity contribution in [1.29, 1.82) is 0 Å². The predicted molar refractivity (Wildman–Crippen MR) is 86.8 cm³/mol. The van der Waals surface area contributed by atoms with Crippen LogP contribution in [0.4, 0.5) is 5.13 Å². The molecule has 6 nitrogen and oxygen atoms in total. The van der Waals surface area contributed by atoms with Gasteiger partial charge in [-0.05, 0) is 25.0 Å². The number of hydrogen-bond donors (Lipinski definition) is 2. The maximum Gasteiger partial charge on any atom is 0.236 e. The van der Waals surface area contributed by atoms with Crippen molar-refractivity contribution in [2.24, 2.45) is 11.7 Å². The van der Waals surface area contributed by atoms with Crippen LogP contribution in [0.25, 0.3) is 10.2 Å². The molecule has 0 unspecified atom stereocenters. The van der Waals surface area contributed by atoms with E-state index in [1.165, 1.54) is 4.70 Å². The molecule has 1 aromatic carbocycles. The second-order valence-corrected chi connectivity index (χ2v) is 6.42. The third-order valence-corrected chi connectivity index (χ3v) is 4.95. The molecule has 0 bridgehead atoms. The van der Waals surface area contributed by atoms with Gasteiger partial charge in [-0.15, -0.1) is 0 Å². The number of primary amides is 1. The van der Waals surface area contributed by atoms with Crippen molar-refractivity contribution in [3.63, 3.8) is 0 Å². The van der Waals surface area contributed by atoms with Crippen LogP contribution >= 0.6 is 11.3 Å². The molecule has 3 rings (SSSR count). The van der Waals surface area contributed by atoms with Gasteiger partial charge in [0.05, 0.1) is 16.8 Å². The number of para-hydroxylation sites is 1. The number of fused-ring (bicyclic) bond motifs is 1. The number of nitrogens with zero attached hydrogens (tertiary/aromatic N) is 2. The average Bonchev–Trinajstić information content (AvgIpc) is 2.96. The van der Waals surface area contributed by atoms with E-state index in [1.54, 1.807) is 11.3 Å². The third-order valence-electron chi connectivity index (χ3n) is 3.86. The van der Waals surface area contributed by atoms with Crippen molar-refractivity contribution < 1.29 is 9.59 Å². The lowest BCUT2D eigenvalue weighted by Crippen LogP contribution is -2.42. The summed E-state index contributed by atoms with van der Waals surface area (Å²) in [5.74, 6) is -0.645. The monoisotopic (exact) mass is 318 g/mol. The van der Waals surface area contributed by atoms with Gasteiger partial charge in [0.1, 0.15) is 0 Å². The maximum atomic E-state index is 11.9. The van der Waals surface area contributed by atoms with Gasteiger partial charge in [0.15, 0.2) is 5.13 Å². The number of piperidine rings is 1. The highest BCUT2D eigenvalue weighted by molar-refractivity contribution is 7.22. The zero-order valence-electron chi connectivity index (χ0n) is 12.1. The lowest BCUT2D eigenvalue weighted by Gasteiger charge is -2.30. The molecular weight excluding hydrogens is 300 g/mol. The average molecular weight is 318 g/mol. The molecule has 2 heterocycles. The molecule has 1 aromatic heterocycles. The maximum absolute atomic E-state index is 11.9. The molecule has 7 heteroatoms. The first kappa shape index (κ1) is 14.8. The Morgan fingerprint density at radius 3 is 2.73 bits per heavy atom. The molecule has 0 aliphatic carbocycles. The lowest BCUT2D eigenvalue weighted by atomic mass is 9.96. The number of nitrogens with one attached hydrogen (secondary N) is 1. The highest BCUT2D eigenvalue weighted by atomic mass is 32.1. The first-order valence-corrected chi connectivity index (χ1v) is 8.11. The molecule has 1 fully saturated rings.